The largest absolute Gasteiger partial charge is 0.360 e. The topological polar surface area (TPSA) is 47.3 Å². The van der Waals surface area contributed by atoms with Crippen LogP contribution in [0, 0.1) is 11.3 Å². The Balaban J connectivity index is 2.40. The van der Waals surface area contributed by atoms with Crippen molar-refractivity contribution in [3.8, 4) is 6.07 Å². The molecule has 0 fully saturated rings. The molecule has 1 heterocycles. The zero-order valence-electron chi connectivity index (χ0n) is 10.8. The molecule has 18 heavy (non-hydrogen) atoms. The highest BCUT2D eigenvalue weighted by Crippen LogP contribution is 2.33. The number of likely N-dealkylation sites (N-methyl/N-ethyl adjacent to an activating group) is 1. The minimum absolute atomic E-state index is 0.100. The van der Waals surface area contributed by atoms with Crippen LogP contribution < -0.4 is 9.80 Å². The van der Waals surface area contributed by atoms with Gasteiger partial charge in [0, 0.05) is 13.6 Å². The zero-order chi connectivity index (χ0) is 13.1. The Kier molecular flexibility index (Phi) is 3.52. The number of unbranched alkanes of at least 4 members (excludes halogenated alkanes) is 1. The van der Waals surface area contributed by atoms with Crippen molar-refractivity contribution in [3.05, 3.63) is 23.8 Å². The zero-order valence-corrected chi connectivity index (χ0v) is 10.8. The molecule has 4 heteroatoms. The van der Waals surface area contributed by atoms with E-state index in [9.17, 15) is 4.79 Å². The number of carbonyl (C=O) groups excluding carboxylic acids is 1. The molecule has 0 saturated heterocycles. The number of benzene rings is 1. The second-order valence-electron chi connectivity index (χ2n) is 4.54. The van der Waals surface area contributed by atoms with Crippen molar-refractivity contribution in [1.82, 2.24) is 0 Å². The van der Waals surface area contributed by atoms with Crippen molar-refractivity contribution in [2.24, 2.45) is 0 Å². The maximum atomic E-state index is 11.9. The molecule has 0 N–H and O–H groups in total. The third-order valence-electron chi connectivity index (χ3n) is 3.29. The fourth-order valence-electron chi connectivity index (χ4n) is 2.17. The van der Waals surface area contributed by atoms with Gasteiger partial charge in [-0.2, -0.15) is 5.26 Å². The molecule has 1 aliphatic rings. The molecule has 2 rings (SSSR count). The van der Waals surface area contributed by atoms with Crippen molar-refractivity contribution < 1.29 is 4.79 Å². The van der Waals surface area contributed by atoms with Crippen LogP contribution in [0.15, 0.2) is 18.2 Å². The Hall–Kier alpha value is -2.02. The van der Waals surface area contributed by atoms with E-state index in [0.717, 1.165) is 30.8 Å². The van der Waals surface area contributed by atoms with Crippen LogP contribution in [0.25, 0.3) is 0 Å². The lowest BCUT2D eigenvalue weighted by atomic mass is 10.1. The van der Waals surface area contributed by atoms with Gasteiger partial charge in [0.15, 0.2) is 0 Å². The van der Waals surface area contributed by atoms with E-state index in [1.807, 2.05) is 12.1 Å². The van der Waals surface area contributed by atoms with E-state index in [1.54, 1.807) is 18.0 Å². The van der Waals surface area contributed by atoms with Gasteiger partial charge in [0.05, 0.1) is 29.6 Å². The van der Waals surface area contributed by atoms with E-state index >= 15 is 0 Å². The van der Waals surface area contributed by atoms with Gasteiger partial charge >= 0.3 is 0 Å². The van der Waals surface area contributed by atoms with Gasteiger partial charge in [-0.25, -0.2) is 0 Å². The summed E-state index contributed by atoms with van der Waals surface area (Å²) < 4.78 is 0. The maximum Gasteiger partial charge on any atom is 0.246 e. The molecule has 4 nitrogen and oxygen atoms in total. The summed E-state index contributed by atoms with van der Waals surface area (Å²) in [4.78, 5) is 15.6. The molecule has 0 unspecified atom stereocenters. The third-order valence-corrected chi connectivity index (χ3v) is 3.29. The van der Waals surface area contributed by atoms with Gasteiger partial charge in [0.2, 0.25) is 5.91 Å². The lowest BCUT2D eigenvalue weighted by Gasteiger charge is -2.35. The lowest BCUT2D eigenvalue weighted by Crippen LogP contribution is -2.44. The lowest BCUT2D eigenvalue weighted by molar-refractivity contribution is -0.117. The standard InChI is InChI=1S/C14H17N3O/c1-3-4-7-17-10-14(18)16(2)12-6-5-11(9-15)8-13(12)17/h5-6,8H,3-4,7,10H2,1-2H3. The normalized spacial score (nSPS) is 14.4. The molecule has 0 aliphatic carbocycles. The van der Waals surface area contributed by atoms with E-state index in [2.05, 4.69) is 17.9 Å². The number of hydrogen-bond donors (Lipinski definition) is 0. The van der Waals surface area contributed by atoms with Crippen molar-refractivity contribution >= 4 is 17.3 Å². The molecular formula is C14H17N3O. The SMILES string of the molecule is CCCCN1CC(=O)N(C)c2ccc(C#N)cc21. The highest BCUT2D eigenvalue weighted by molar-refractivity contribution is 6.02. The minimum Gasteiger partial charge on any atom is -0.360 e. The minimum atomic E-state index is 0.100. The monoisotopic (exact) mass is 243 g/mol. The van der Waals surface area contributed by atoms with Crippen LogP contribution in [-0.4, -0.2) is 26.0 Å². The van der Waals surface area contributed by atoms with Gasteiger partial charge in [-0.3, -0.25) is 4.79 Å². The van der Waals surface area contributed by atoms with Gasteiger partial charge in [-0.15, -0.1) is 0 Å². The summed E-state index contributed by atoms with van der Waals surface area (Å²) in [5.41, 5.74) is 2.52. The first-order valence-corrected chi connectivity index (χ1v) is 6.23. The van der Waals surface area contributed by atoms with Crippen molar-refractivity contribution in [3.63, 3.8) is 0 Å². The average Bonchev–Trinajstić information content (AvgIpc) is 2.40. The Morgan fingerprint density at radius 1 is 1.39 bits per heavy atom. The molecular weight excluding hydrogens is 226 g/mol. The highest BCUT2D eigenvalue weighted by Gasteiger charge is 2.26. The summed E-state index contributed by atoms with van der Waals surface area (Å²) >= 11 is 0. The van der Waals surface area contributed by atoms with Gasteiger partial charge in [0.1, 0.15) is 0 Å². The second kappa shape index (κ2) is 5.09. The first kappa shape index (κ1) is 12.4. The van der Waals surface area contributed by atoms with Crippen LogP contribution >= 0.6 is 0 Å². The molecule has 94 valence electrons. The maximum absolute atomic E-state index is 11.9. The number of rotatable bonds is 3. The predicted molar refractivity (Wildman–Crippen MR) is 71.7 cm³/mol. The summed E-state index contributed by atoms with van der Waals surface area (Å²) in [6, 6.07) is 7.63. The van der Waals surface area contributed by atoms with Crippen LogP contribution in [0.1, 0.15) is 25.3 Å². The van der Waals surface area contributed by atoms with Crippen LogP contribution in [0.4, 0.5) is 11.4 Å². The van der Waals surface area contributed by atoms with E-state index in [0.29, 0.717) is 12.1 Å². The van der Waals surface area contributed by atoms with Gasteiger partial charge in [-0.05, 0) is 24.6 Å². The molecule has 0 radical (unpaired) electrons. The van der Waals surface area contributed by atoms with Crippen LogP contribution in [-0.2, 0) is 4.79 Å². The molecule has 0 bridgehead atoms. The number of hydrogen-bond acceptors (Lipinski definition) is 3. The van der Waals surface area contributed by atoms with Crippen LogP contribution in [0.2, 0.25) is 0 Å². The van der Waals surface area contributed by atoms with E-state index in [-0.39, 0.29) is 5.91 Å². The van der Waals surface area contributed by atoms with Gasteiger partial charge in [-0.1, -0.05) is 13.3 Å². The summed E-state index contributed by atoms with van der Waals surface area (Å²) in [6.07, 6.45) is 2.14. The van der Waals surface area contributed by atoms with Gasteiger partial charge in [0.25, 0.3) is 0 Å². The molecule has 1 aliphatic heterocycles. The Morgan fingerprint density at radius 3 is 2.83 bits per heavy atom. The summed E-state index contributed by atoms with van der Waals surface area (Å²) in [5.74, 6) is 0.100. The second-order valence-corrected chi connectivity index (χ2v) is 4.54. The quantitative estimate of drug-likeness (QED) is 0.817. The third kappa shape index (κ3) is 2.17. The first-order valence-electron chi connectivity index (χ1n) is 6.23. The number of nitrogens with zero attached hydrogens (tertiary/aromatic N) is 3. The van der Waals surface area contributed by atoms with E-state index in [1.165, 1.54) is 0 Å². The number of amides is 1. The Morgan fingerprint density at radius 2 is 2.17 bits per heavy atom. The van der Waals surface area contributed by atoms with E-state index < -0.39 is 0 Å². The van der Waals surface area contributed by atoms with E-state index in [4.69, 9.17) is 5.26 Å². The smallest absolute Gasteiger partial charge is 0.246 e. The van der Waals surface area contributed by atoms with Crippen LogP contribution in [0.5, 0.6) is 0 Å². The molecule has 0 saturated carbocycles. The highest BCUT2D eigenvalue weighted by atomic mass is 16.2. The fourth-order valence-corrected chi connectivity index (χ4v) is 2.17. The summed E-state index contributed by atoms with van der Waals surface area (Å²) in [7, 11) is 1.78. The Bertz CT molecular complexity index is 504. The summed E-state index contributed by atoms with van der Waals surface area (Å²) in [5, 5.41) is 8.97. The average molecular weight is 243 g/mol. The Labute approximate surface area is 107 Å². The number of nitriles is 1. The van der Waals surface area contributed by atoms with Crippen molar-refractivity contribution in [2.75, 3.05) is 29.9 Å². The molecule has 0 atom stereocenters. The molecule has 0 aromatic heterocycles. The number of fused-ring (bicyclic) bond motifs is 1. The predicted octanol–water partition coefficient (Wildman–Crippen LogP) is 2.14. The number of anilines is 2. The first-order chi connectivity index (χ1) is 8.67. The van der Waals surface area contributed by atoms with Crippen LogP contribution in [0.3, 0.4) is 0 Å². The number of carbonyl (C=O) groups is 1. The molecule has 1 amide bonds. The van der Waals surface area contributed by atoms with Crippen molar-refractivity contribution in [1.29, 1.82) is 5.26 Å². The van der Waals surface area contributed by atoms with Crippen molar-refractivity contribution in [2.45, 2.75) is 19.8 Å². The fraction of sp³-hybridized carbons (Fsp3) is 0.429. The molecule has 0 spiro atoms. The molecule has 1 aromatic rings. The summed E-state index contributed by atoms with van der Waals surface area (Å²) in [6.45, 7) is 3.39. The van der Waals surface area contributed by atoms with Gasteiger partial charge < -0.3 is 9.80 Å². The molecule has 1 aromatic carbocycles.